The molecule has 0 aromatic carbocycles. The molecule has 1 aromatic heterocycles. The van der Waals surface area contributed by atoms with Crippen LogP contribution in [-0.4, -0.2) is 38.8 Å². The summed E-state index contributed by atoms with van der Waals surface area (Å²) in [5, 5.41) is 13.2. The van der Waals surface area contributed by atoms with Gasteiger partial charge in [0.1, 0.15) is 6.04 Å². The molecule has 5 heteroatoms. The summed E-state index contributed by atoms with van der Waals surface area (Å²) in [5.41, 5.74) is 3.16. The van der Waals surface area contributed by atoms with Crippen molar-refractivity contribution in [2.24, 2.45) is 7.05 Å². The Morgan fingerprint density at radius 3 is 2.50 bits per heavy atom. The van der Waals surface area contributed by atoms with Gasteiger partial charge in [-0.1, -0.05) is 0 Å². The Labute approximate surface area is 95.7 Å². The smallest absolute Gasteiger partial charge is 0.320 e. The molecule has 5 nitrogen and oxygen atoms in total. The SMILES string of the molecule is Cc1nn(C)c(C)c1CN(C)C(C)C(=O)O. The molecule has 0 fully saturated rings. The minimum absolute atomic E-state index is 0.487. The molecular formula is C11H19N3O2. The third kappa shape index (κ3) is 2.41. The predicted octanol–water partition coefficient (Wildman–Crippen LogP) is 0.942. The van der Waals surface area contributed by atoms with Crippen molar-refractivity contribution >= 4 is 5.97 Å². The van der Waals surface area contributed by atoms with Crippen LogP contribution >= 0.6 is 0 Å². The number of hydrogen-bond donors (Lipinski definition) is 1. The molecule has 0 spiro atoms. The lowest BCUT2D eigenvalue weighted by Crippen LogP contribution is -2.35. The zero-order chi connectivity index (χ0) is 12.5. The summed E-state index contributed by atoms with van der Waals surface area (Å²) < 4.78 is 1.82. The predicted molar refractivity (Wildman–Crippen MR) is 61.2 cm³/mol. The Morgan fingerprint density at radius 2 is 2.12 bits per heavy atom. The van der Waals surface area contributed by atoms with Gasteiger partial charge in [0.2, 0.25) is 0 Å². The fourth-order valence-corrected chi connectivity index (χ4v) is 1.62. The minimum atomic E-state index is -0.804. The molecular weight excluding hydrogens is 206 g/mol. The summed E-state index contributed by atoms with van der Waals surface area (Å²) >= 11 is 0. The molecule has 0 aliphatic carbocycles. The Bertz CT molecular complexity index is 398. The lowest BCUT2D eigenvalue weighted by molar-refractivity contribution is -0.142. The van der Waals surface area contributed by atoms with E-state index in [1.54, 1.807) is 11.8 Å². The van der Waals surface area contributed by atoms with Gasteiger partial charge in [-0.05, 0) is 27.8 Å². The van der Waals surface area contributed by atoms with Crippen LogP contribution in [0.4, 0.5) is 0 Å². The number of hydrogen-bond acceptors (Lipinski definition) is 3. The van der Waals surface area contributed by atoms with Crippen molar-refractivity contribution in [3.63, 3.8) is 0 Å². The first-order valence-corrected chi connectivity index (χ1v) is 5.26. The highest BCUT2D eigenvalue weighted by atomic mass is 16.4. The van der Waals surface area contributed by atoms with Crippen LogP contribution in [0.1, 0.15) is 23.9 Å². The van der Waals surface area contributed by atoms with E-state index >= 15 is 0 Å². The molecule has 0 saturated heterocycles. The van der Waals surface area contributed by atoms with E-state index in [9.17, 15) is 4.79 Å². The van der Waals surface area contributed by atoms with E-state index in [1.165, 1.54) is 0 Å². The zero-order valence-corrected chi connectivity index (χ0v) is 10.5. The molecule has 0 amide bonds. The number of carbonyl (C=O) groups is 1. The van der Waals surface area contributed by atoms with Gasteiger partial charge in [-0.3, -0.25) is 14.4 Å². The molecule has 0 aliphatic rings. The maximum Gasteiger partial charge on any atom is 0.320 e. The molecule has 90 valence electrons. The highest BCUT2D eigenvalue weighted by Gasteiger charge is 2.19. The normalized spacial score (nSPS) is 13.1. The first-order chi connectivity index (χ1) is 7.34. The average molecular weight is 225 g/mol. The number of nitrogens with zero attached hydrogens (tertiary/aromatic N) is 3. The first kappa shape index (κ1) is 12.7. The van der Waals surface area contributed by atoms with Crippen LogP contribution in [0.25, 0.3) is 0 Å². The minimum Gasteiger partial charge on any atom is -0.480 e. The number of carboxylic acid groups (broad SMARTS) is 1. The summed E-state index contributed by atoms with van der Waals surface area (Å²) in [4.78, 5) is 12.6. The van der Waals surface area contributed by atoms with Gasteiger partial charge in [0.25, 0.3) is 0 Å². The second-order valence-corrected chi connectivity index (χ2v) is 4.20. The van der Waals surface area contributed by atoms with Crippen molar-refractivity contribution in [1.29, 1.82) is 0 Å². The van der Waals surface area contributed by atoms with Crippen LogP contribution in [0.5, 0.6) is 0 Å². The van der Waals surface area contributed by atoms with Gasteiger partial charge in [-0.25, -0.2) is 0 Å². The van der Waals surface area contributed by atoms with Crippen LogP contribution in [0.2, 0.25) is 0 Å². The van der Waals surface area contributed by atoms with Gasteiger partial charge < -0.3 is 5.11 Å². The fraction of sp³-hybridized carbons (Fsp3) is 0.636. The van der Waals surface area contributed by atoms with Crippen LogP contribution in [0.3, 0.4) is 0 Å². The van der Waals surface area contributed by atoms with E-state index in [1.807, 2.05) is 32.6 Å². The summed E-state index contributed by atoms with van der Waals surface area (Å²) in [7, 11) is 3.71. The van der Waals surface area contributed by atoms with E-state index in [4.69, 9.17) is 5.11 Å². The molecule has 1 unspecified atom stereocenters. The van der Waals surface area contributed by atoms with Crippen LogP contribution < -0.4 is 0 Å². The van der Waals surface area contributed by atoms with Gasteiger partial charge in [-0.2, -0.15) is 5.10 Å². The van der Waals surface area contributed by atoms with E-state index in [-0.39, 0.29) is 0 Å². The molecule has 1 aromatic rings. The maximum atomic E-state index is 10.8. The molecule has 0 bridgehead atoms. The lowest BCUT2D eigenvalue weighted by atomic mass is 10.1. The van der Waals surface area contributed by atoms with Gasteiger partial charge >= 0.3 is 5.97 Å². The second-order valence-electron chi connectivity index (χ2n) is 4.20. The molecule has 16 heavy (non-hydrogen) atoms. The summed E-state index contributed by atoms with van der Waals surface area (Å²) in [5.74, 6) is -0.804. The van der Waals surface area contributed by atoms with Crippen molar-refractivity contribution in [3.05, 3.63) is 17.0 Å². The number of rotatable bonds is 4. The summed E-state index contributed by atoms with van der Waals surface area (Å²) in [6.07, 6.45) is 0. The van der Waals surface area contributed by atoms with Crippen molar-refractivity contribution in [2.45, 2.75) is 33.4 Å². The monoisotopic (exact) mass is 225 g/mol. The maximum absolute atomic E-state index is 10.8. The summed E-state index contributed by atoms with van der Waals surface area (Å²) in [6, 6.07) is -0.487. The Kier molecular flexibility index (Phi) is 3.70. The van der Waals surface area contributed by atoms with E-state index < -0.39 is 12.0 Å². The largest absolute Gasteiger partial charge is 0.480 e. The second kappa shape index (κ2) is 4.65. The van der Waals surface area contributed by atoms with E-state index in [0.29, 0.717) is 6.54 Å². The van der Waals surface area contributed by atoms with Gasteiger partial charge in [-0.15, -0.1) is 0 Å². The van der Waals surface area contributed by atoms with Crippen LogP contribution in [0.15, 0.2) is 0 Å². The standard InChI is InChI=1S/C11H19N3O2/c1-7-10(8(2)14(5)12-7)6-13(4)9(3)11(15)16/h9H,6H2,1-5H3,(H,15,16). The number of aromatic nitrogens is 2. The highest BCUT2D eigenvalue weighted by molar-refractivity contribution is 5.72. The molecule has 1 heterocycles. The van der Waals surface area contributed by atoms with Crippen LogP contribution in [-0.2, 0) is 18.4 Å². The highest BCUT2D eigenvalue weighted by Crippen LogP contribution is 2.15. The zero-order valence-electron chi connectivity index (χ0n) is 10.5. The molecule has 1 atom stereocenters. The molecule has 0 aliphatic heterocycles. The average Bonchev–Trinajstić information content (AvgIpc) is 2.43. The topological polar surface area (TPSA) is 58.4 Å². The fourth-order valence-electron chi connectivity index (χ4n) is 1.62. The molecule has 1 rings (SSSR count). The number of aryl methyl sites for hydroxylation is 2. The van der Waals surface area contributed by atoms with E-state index in [0.717, 1.165) is 17.0 Å². The van der Waals surface area contributed by atoms with Crippen molar-refractivity contribution in [2.75, 3.05) is 7.05 Å². The van der Waals surface area contributed by atoms with E-state index in [2.05, 4.69) is 5.10 Å². The number of likely N-dealkylation sites (N-methyl/N-ethyl adjacent to an activating group) is 1. The lowest BCUT2D eigenvalue weighted by Gasteiger charge is -2.21. The van der Waals surface area contributed by atoms with Gasteiger partial charge in [0.05, 0.1) is 5.69 Å². The molecule has 0 saturated carbocycles. The summed E-state index contributed by atoms with van der Waals surface area (Å²) in [6.45, 7) is 6.23. The third-order valence-corrected chi connectivity index (χ3v) is 3.08. The molecule has 1 N–H and O–H groups in total. The van der Waals surface area contributed by atoms with Crippen molar-refractivity contribution in [3.8, 4) is 0 Å². The third-order valence-electron chi connectivity index (χ3n) is 3.08. The Hall–Kier alpha value is -1.36. The number of aliphatic carboxylic acids is 1. The van der Waals surface area contributed by atoms with Crippen molar-refractivity contribution in [1.82, 2.24) is 14.7 Å². The quantitative estimate of drug-likeness (QED) is 0.828. The Morgan fingerprint density at radius 1 is 1.56 bits per heavy atom. The number of carboxylic acids is 1. The Balaban J connectivity index is 2.84. The van der Waals surface area contributed by atoms with Crippen LogP contribution in [0, 0.1) is 13.8 Å². The first-order valence-electron chi connectivity index (χ1n) is 5.26. The van der Waals surface area contributed by atoms with Crippen molar-refractivity contribution < 1.29 is 9.90 Å². The van der Waals surface area contributed by atoms with Gasteiger partial charge in [0, 0.05) is 24.8 Å². The van der Waals surface area contributed by atoms with Gasteiger partial charge in [0.15, 0.2) is 0 Å². The molecule has 0 radical (unpaired) electrons.